The molecule has 1 rings (SSSR count). The van der Waals surface area contributed by atoms with E-state index in [-0.39, 0.29) is 0 Å². The molecule has 0 heteroatoms. The average molecular weight is 180 g/mol. The first-order chi connectivity index (χ1) is 6.09. The lowest BCUT2D eigenvalue weighted by Gasteiger charge is -2.20. The van der Waals surface area contributed by atoms with Gasteiger partial charge in [-0.1, -0.05) is 33.8 Å². The molecule has 1 saturated carbocycles. The van der Waals surface area contributed by atoms with Crippen LogP contribution in [0.4, 0.5) is 0 Å². The van der Waals surface area contributed by atoms with E-state index in [9.17, 15) is 0 Å². The zero-order valence-electron chi connectivity index (χ0n) is 9.59. The Morgan fingerprint density at radius 1 is 0.923 bits per heavy atom. The Balaban J connectivity index is 2.58. The molecule has 0 nitrogen and oxygen atoms in total. The summed E-state index contributed by atoms with van der Waals surface area (Å²) < 4.78 is 0. The predicted octanol–water partition coefficient (Wildman–Crippen LogP) is 4.13. The van der Waals surface area contributed by atoms with E-state index in [4.69, 9.17) is 0 Å². The van der Waals surface area contributed by atoms with Crippen LogP contribution < -0.4 is 0 Å². The molecular formula is C13H24. The van der Waals surface area contributed by atoms with Gasteiger partial charge in [0.15, 0.2) is 0 Å². The molecule has 0 heterocycles. The molecule has 0 amide bonds. The van der Waals surface area contributed by atoms with Crippen molar-refractivity contribution in [2.45, 2.75) is 40.5 Å². The maximum absolute atomic E-state index is 3.81. The molecule has 0 aromatic rings. The maximum Gasteiger partial charge on any atom is -0.0351 e. The minimum absolute atomic E-state index is 0.907. The van der Waals surface area contributed by atoms with E-state index in [1.165, 1.54) is 12.8 Å². The molecule has 0 saturated heterocycles. The van der Waals surface area contributed by atoms with Gasteiger partial charge in [-0.15, -0.1) is 6.58 Å². The molecule has 0 aromatic heterocycles. The van der Waals surface area contributed by atoms with Gasteiger partial charge >= 0.3 is 0 Å². The van der Waals surface area contributed by atoms with E-state index in [0.717, 1.165) is 29.6 Å². The summed E-state index contributed by atoms with van der Waals surface area (Å²) in [6.45, 7) is 13.5. The van der Waals surface area contributed by atoms with Gasteiger partial charge in [-0.05, 0) is 42.4 Å². The van der Waals surface area contributed by atoms with Gasteiger partial charge in [-0.3, -0.25) is 0 Å². The van der Waals surface area contributed by atoms with Crippen molar-refractivity contribution < 1.29 is 0 Å². The van der Waals surface area contributed by atoms with E-state index in [0.29, 0.717) is 0 Å². The molecular weight excluding hydrogens is 156 g/mol. The number of hydrogen-bond donors (Lipinski definition) is 0. The van der Waals surface area contributed by atoms with E-state index < -0.39 is 0 Å². The highest BCUT2D eigenvalue weighted by Gasteiger charge is 2.40. The van der Waals surface area contributed by atoms with Gasteiger partial charge in [-0.2, -0.15) is 0 Å². The van der Waals surface area contributed by atoms with Crippen LogP contribution in [0.25, 0.3) is 0 Å². The zero-order valence-corrected chi connectivity index (χ0v) is 9.59. The van der Waals surface area contributed by atoms with Crippen molar-refractivity contribution in [3.05, 3.63) is 12.7 Å². The normalized spacial score (nSPS) is 45.1. The summed E-state index contributed by atoms with van der Waals surface area (Å²) in [5.74, 6) is 4.56. The predicted molar refractivity (Wildman–Crippen MR) is 59.6 cm³/mol. The maximum atomic E-state index is 3.81. The fraction of sp³-hybridized carbons (Fsp3) is 0.846. The second-order valence-corrected chi connectivity index (χ2v) is 4.97. The van der Waals surface area contributed by atoms with Crippen molar-refractivity contribution in [2.24, 2.45) is 29.6 Å². The summed E-state index contributed by atoms with van der Waals surface area (Å²) >= 11 is 0. The molecule has 1 fully saturated rings. The first-order valence-electron chi connectivity index (χ1n) is 5.70. The second-order valence-electron chi connectivity index (χ2n) is 4.97. The molecule has 4 unspecified atom stereocenters. The van der Waals surface area contributed by atoms with Crippen molar-refractivity contribution in [3.8, 4) is 0 Å². The molecule has 76 valence electrons. The minimum Gasteiger partial charge on any atom is -0.103 e. The Morgan fingerprint density at radius 2 is 1.38 bits per heavy atom. The monoisotopic (exact) mass is 180 g/mol. The van der Waals surface area contributed by atoms with Gasteiger partial charge < -0.3 is 0 Å². The zero-order chi connectivity index (χ0) is 10.0. The Kier molecular flexibility index (Phi) is 3.58. The molecule has 0 spiro atoms. The molecule has 1 aliphatic carbocycles. The molecule has 0 radical (unpaired) electrons. The molecule has 0 aromatic carbocycles. The first-order valence-corrected chi connectivity index (χ1v) is 5.70. The van der Waals surface area contributed by atoms with Crippen molar-refractivity contribution in [3.63, 3.8) is 0 Å². The van der Waals surface area contributed by atoms with Crippen molar-refractivity contribution >= 4 is 0 Å². The van der Waals surface area contributed by atoms with E-state index in [2.05, 4.69) is 40.3 Å². The fourth-order valence-corrected chi connectivity index (χ4v) is 3.05. The van der Waals surface area contributed by atoms with E-state index in [1.807, 2.05) is 0 Å². The smallest absolute Gasteiger partial charge is 0.0351 e. The molecule has 0 bridgehead atoms. The quantitative estimate of drug-likeness (QED) is 0.573. The van der Waals surface area contributed by atoms with Crippen LogP contribution in [0.5, 0.6) is 0 Å². The van der Waals surface area contributed by atoms with Crippen LogP contribution >= 0.6 is 0 Å². The highest BCUT2D eigenvalue weighted by atomic mass is 14.5. The third kappa shape index (κ3) is 1.98. The lowest BCUT2D eigenvalue weighted by atomic mass is 9.85. The summed E-state index contributed by atoms with van der Waals surface area (Å²) in [6.07, 6.45) is 4.60. The Hall–Kier alpha value is -0.260. The highest BCUT2D eigenvalue weighted by Crippen LogP contribution is 2.47. The Morgan fingerprint density at radius 3 is 1.77 bits per heavy atom. The summed E-state index contributed by atoms with van der Waals surface area (Å²) in [4.78, 5) is 0. The van der Waals surface area contributed by atoms with Crippen LogP contribution in [0.15, 0.2) is 12.7 Å². The Bertz CT molecular complexity index is 157. The lowest BCUT2D eigenvalue weighted by Crippen LogP contribution is -2.12. The van der Waals surface area contributed by atoms with Gasteiger partial charge in [0.1, 0.15) is 0 Å². The SMILES string of the molecule is C=CCCC1C(C)C(C)C(C)C1C. The molecule has 4 atom stereocenters. The third-order valence-corrected chi connectivity index (χ3v) is 4.54. The average Bonchev–Trinajstić information content (AvgIpc) is 2.30. The number of allylic oxidation sites excluding steroid dienone is 1. The minimum atomic E-state index is 0.907. The largest absolute Gasteiger partial charge is 0.103 e. The molecule has 1 aliphatic rings. The van der Waals surface area contributed by atoms with Gasteiger partial charge in [0.2, 0.25) is 0 Å². The van der Waals surface area contributed by atoms with Crippen LogP contribution in [0, 0.1) is 29.6 Å². The van der Waals surface area contributed by atoms with Crippen molar-refractivity contribution in [1.29, 1.82) is 0 Å². The third-order valence-electron chi connectivity index (χ3n) is 4.54. The number of rotatable bonds is 3. The summed E-state index contributed by atoms with van der Waals surface area (Å²) in [7, 11) is 0. The van der Waals surface area contributed by atoms with Crippen LogP contribution in [0.1, 0.15) is 40.5 Å². The van der Waals surface area contributed by atoms with Crippen molar-refractivity contribution in [1.82, 2.24) is 0 Å². The van der Waals surface area contributed by atoms with Gasteiger partial charge in [0, 0.05) is 0 Å². The molecule has 0 N–H and O–H groups in total. The van der Waals surface area contributed by atoms with E-state index >= 15 is 0 Å². The van der Waals surface area contributed by atoms with Gasteiger partial charge in [0.25, 0.3) is 0 Å². The summed E-state index contributed by atoms with van der Waals surface area (Å²) in [5, 5.41) is 0. The summed E-state index contributed by atoms with van der Waals surface area (Å²) in [6, 6.07) is 0. The molecule has 0 aliphatic heterocycles. The van der Waals surface area contributed by atoms with Gasteiger partial charge in [-0.25, -0.2) is 0 Å². The Labute approximate surface area is 83.4 Å². The topological polar surface area (TPSA) is 0 Å². The number of hydrogen-bond acceptors (Lipinski definition) is 0. The highest BCUT2D eigenvalue weighted by molar-refractivity contribution is 4.90. The van der Waals surface area contributed by atoms with Crippen LogP contribution in [-0.2, 0) is 0 Å². The fourth-order valence-electron chi connectivity index (χ4n) is 3.05. The summed E-state index contributed by atoms with van der Waals surface area (Å²) in [5.41, 5.74) is 0. The standard InChI is InChI=1S/C13H24/c1-6-7-8-13-11(4)9(2)10(3)12(13)5/h6,9-13H,1,7-8H2,2-5H3. The van der Waals surface area contributed by atoms with Crippen molar-refractivity contribution in [2.75, 3.05) is 0 Å². The van der Waals surface area contributed by atoms with Gasteiger partial charge in [0.05, 0.1) is 0 Å². The van der Waals surface area contributed by atoms with Crippen LogP contribution in [0.2, 0.25) is 0 Å². The van der Waals surface area contributed by atoms with Crippen LogP contribution in [-0.4, -0.2) is 0 Å². The van der Waals surface area contributed by atoms with E-state index in [1.54, 1.807) is 0 Å². The lowest BCUT2D eigenvalue weighted by molar-refractivity contribution is 0.302. The molecule has 13 heavy (non-hydrogen) atoms. The second kappa shape index (κ2) is 4.30. The van der Waals surface area contributed by atoms with Crippen LogP contribution in [0.3, 0.4) is 0 Å². The first kappa shape index (κ1) is 10.8.